The molecule has 1 aliphatic heterocycles. The number of halogens is 1. The Hall–Kier alpha value is -2.45. The summed E-state index contributed by atoms with van der Waals surface area (Å²) < 4.78 is 45.1. The largest absolute Gasteiger partial charge is 0.497 e. The fourth-order valence-corrected chi connectivity index (χ4v) is 3.90. The average Bonchev–Trinajstić information content (AvgIpc) is 2.95. The van der Waals surface area contributed by atoms with E-state index in [0.717, 1.165) is 12.1 Å². The molecule has 1 heterocycles. The molecular formula is C17H17FN2O4S. The number of carbonyl (C=O) groups excluding carboxylic acids is 1. The highest BCUT2D eigenvalue weighted by Crippen LogP contribution is 2.25. The van der Waals surface area contributed by atoms with Crippen LogP contribution in [0.2, 0.25) is 0 Å². The van der Waals surface area contributed by atoms with E-state index in [0.29, 0.717) is 24.4 Å². The minimum absolute atomic E-state index is 0.0791. The fraction of sp³-hybridized carbons (Fsp3) is 0.235. The van der Waals surface area contributed by atoms with Crippen LogP contribution in [0, 0.1) is 5.82 Å². The van der Waals surface area contributed by atoms with Gasteiger partial charge in [-0.05, 0) is 55.0 Å². The molecule has 0 spiro atoms. The van der Waals surface area contributed by atoms with Gasteiger partial charge in [-0.3, -0.25) is 4.79 Å². The highest BCUT2D eigenvalue weighted by Gasteiger charge is 2.35. The van der Waals surface area contributed by atoms with Gasteiger partial charge >= 0.3 is 0 Å². The van der Waals surface area contributed by atoms with Gasteiger partial charge in [0, 0.05) is 12.2 Å². The number of carbonyl (C=O) groups is 1. The Kier molecular flexibility index (Phi) is 4.73. The van der Waals surface area contributed by atoms with E-state index in [2.05, 4.69) is 4.72 Å². The summed E-state index contributed by atoms with van der Waals surface area (Å²) in [7, 11) is -2.34. The van der Waals surface area contributed by atoms with Crippen molar-refractivity contribution in [3.63, 3.8) is 0 Å². The summed E-state index contributed by atoms with van der Waals surface area (Å²) in [5.41, 5.74) is 0.675. The number of rotatable bonds is 5. The van der Waals surface area contributed by atoms with Gasteiger partial charge in [0.2, 0.25) is 15.9 Å². The fourth-order valence-electron chi connectivity index (χ4n) is 2.68. The predicted octanol–water partition coefficient (Wildman–Crippen LogP) is 1.92. The molecular weight excluding hydrogens is 347 g/mol. The molecule has 0 aromatic heterocycles. The molecule has 1 atom stereocenters. The van der Waals surface area contributed by atoms with E-state index in [1.807, 2.05) is 0 Å². The van der Waals surface area contributed by atoms with Gasteiger partial charge < -0.3 is 9.64 Å². The van der Waals surface area contributed by atoms with Crippen molar-refractivity contribution in [1.82, 2.24) is 4.72 Å². The van der Waals surface area contributed by atoms with E-state index in [-0.39, 0.29) is 10.8 Å². The van der Waals surface area contributed by atoms with Crippen LogP contribution in [-0.2, 0) is 14.8 Å². The number of nitrogens with one attached hydrogen (secondary N) is 1. The van der Waals surface area contributed by atoms with Gasteiger partial charge in [-0.2, -0.15) is 4.72 Å². The quantitative estimate of drug-likeness (QED) is 0.880. The number of ether oxygens (including phenoxy) is 1. The van der Waals surface area contributed by atoms with Crippen molar-refractivity contribution in [2.24, 2.45) is 0 Å². The number of nitrogens with zero attached hydrogens (tertiary/aromatic N) is 1. The molecule has 1 fully saturated rings. The molecule has 0 bridgehead atoms. The minimum Gasteiger partial charge on any atom is -0.497 e. The third-order valence-corrected chi connectivity index (χ3v) is 5.50. The zero-order valence-electron chi connectivity index (χ0n) is 13.5. The summed E-state index contributed by atoms with van der Waals surface area (Å²) >= 11 is 0. The zero-order chi connectivity index (χ0) is 18.0. The van der Waals surface area contributed by atoms with Crippen LogP contribution >= 0.6 is 0 Å². The first-order valence-electron chi connectivity index (χ1n) is 7.64. The van der Waals surface area contributed by atoms with E-state index in [4.69, 9.17) is 4.74 Å². The van der Waals surface area contributed by atoms with Gasteiger partial charge in [0.05, 0.1) is 12.0 Å². The van der Waals surface area contributed by atoms with Crippen LogP contribution in [0.4, 0.5) is 10.1 Å². The van der Waals surface area contributed by atoms with Crippen LogP contribution in [0.25, 0.3) is 0 Å². The molecule has 3 rings (SSSR count). The molecule has 0 radical (unpaired) electrons. The molecule has 8 heteroatoms. The number of hydrogen-bond acceptors (Lipinski definition) is 4. The topological polar surface area (TPSA) is 75.7 Å². The average molecular weight is 364 g/mol. The normalized spacial score (nSPS) is 17.8. The second kappa shape index (κ2) is 6.81. The van der Waals surface area contributed by atoms with E-state index in [1.165, 1.54) is 17.0 Å². The van der Waals surface area contributed by atoms with Crippen LogP contribution in [0.15, 0.2) is 53.4 Å². The first kappa shape index (κ1) is 17.4. The van der Waals surface area contributed by atoms with E-state index >= 15 is 0 Å². The lowest BCUT2D eigenvalue weighted by Gasteiger charge is -2.17. The van der Waals surface area contributed by atoms with Gasteiger partial charge in [0.1, 0.15) is 17.6 Å². The molecule has 0 saturated carbocycles. The second-order valence-electron chi connectivity index (χ2n) is 5.60. The van der Waals surface area contributed by atoms with Gasteiger partial charge in [-0.1, -0.05) is 0 Å². The molecule has 1 amide bonds. The number of benzene rings is 2. The molecule has 0 unspecified atom stereocenters. The SMILES string of the molecule is COc1ccc(N2CC[C@@H](NS(=O)(=O)c3ccc(F)cc3)C2=O)cc1. The Morgan fingerprint density at radius 3 is 2.36 bits per heavy atom. The summed E-state index contributed by atoms with van der Waals surface area (Å²) in [5, 5.41) is 0. The molecule has 6 nitrogen and oxygen atoms in total. The third kappa shape index (κ3) is 3.64. The van der Waals surface area contributed by atoms with Crippen molar-refractivity contribution in [3.05, 3.63) is 54.3 Å². The first-order valence-corrected chi connectivity index (χ1v) is 9.12. The molecule has 2 aromatic rings. The van der Waals surface area contributed by atoms with Gasteiger partial charge in [-0.25, -0.2) is 12.8 Å². The number of anilines is 1. The lowest BCUT2D eigenvalue weighted by Crippen LogP contribution is -2.41. The number of hydrogen-bond donors (Lipinski definition) is 1. The zero-order valence-corrected chi connectivity index (χ0v) is 14.3. The molecule has 1 aliphatic rings. The summed E-state index contributed by atoms with van der Waals surface area (Å²) in [6, 6.07) is 10.6. The summed E-state index contributed by atoms with van der Waals surface area (Å²) in [6.45, 7) is 0.405. The van der Waals surface area contributed by atoms with E-state index < -0.39 is 21.9 Å². The summed E-state index contributed by atoms with van der Waals surface area (Å²) in [4.78, 5) is 14.0. The number of amides is 1. The maximum Gasteiger partial charge on any atom is 0.245 e. The van der Waals surface area contributed by atoms with Crippen LogP contribution < -0.4 is 14.4 Å². The maximum absolute atomic E-state index is 12.9. The number of sulfonamides is 1. The molecule has 0 aliphatic carbocycles. The van der Waals surface area contributed by atoms with E-state index in [9.17, 15) is 17.6 Å². The Bertz CT molecular complexity index is 867. The highest BCUT2D eigenvalue weighted by molar-refractivity contribution is 7.89. The second-order valence-corrected chi connectivity index (χ2v) is 7.32. The van der Waals surface area contributed by atoms with Crippen molar-refractivity contribution in [2.45, 2.75) is 17.4 Å². The minimum atomic E-state index is -3.89. The van der Waals surface area contributed by atoms with Crippen LogP contribution in [0.1, 0.15) is 6.42 Å². The Labute approximate surface area is 145 Å². The molecule has 25 heavy (non-hydrogen) atoms. The van der Waals surface area contributed by atoms with Gasteiger partial charge in [0.15, 0.2) is 0 Å². The van der Waals surface area contributed by atoms with Crippen molar-refractivity contribution < 1.29 is 22.3 Å². The molecule has 2 aromatic carbocycles. The van der Waals surface area contributed by atoms with Crippen LogP contribution in [0.3, 0.4) is 0 Å². The van der Waals surface area contributed by atoms with Crippen molar-refractivity contribution in [3.8, 4) is 5.75 Å². The van der Waals surface area contributed by atoms with Crippen molar-refractivity contribution in [1.29, 1.82) is 0 Å². The molecule has 132 valence electrons. The Balaban J connectivity index is 1.74. The lowest BCUT2D eigenvalue weighted by atomic mass is 10.2. The maximum atomic E-state index is 12.9. The standard InChI is InChI=1S/C17H17FN2O4S/c1-24-14-6-4-13(5-7-14)20-11-10-16(17(20)21)19-25(22,23)15-8-2-12(18)3-9-15/h2-9,16,19H,10-11H2,1H3/t16-/m1/s1. The van der Waals surface area contributed by atoms with Crippen LogP contribution in [-0.4, -0.2) is 34.0 Å². The third-order valence-electron chi connectivity index (χ3n) is 4.01. The monoisotopic (exact) mass is 364 g/mol. The summed E-state index contributed by atoms with van der Waals surface area (Å²) in [5.74, 6) is -0.179. The first-order chi connectivity index (χ1) is 11.9. The van der Waals surface area contributed by atoms with Crippen LogP contribution in [0.5, 0.6) is 5.75 Å². The smallest absolute Gasteiger partial charge is 0.245 e. The Morgan fingerprint density at radius 2 is 1.76 bits per heavy atom. The van der Waals surface area contributed by atoms with Gasteiger partial charge in [-0.15, -0.1) is 0 Å². The molecule has 1 N–H and O–H groups in total. The van der Waals surface area contributed by atoms with Crippen molar-refractivity contribution in [2.75, 3.05) is 18.6 Å². The molecule has 1 saturated heterocycles. The predicted molar refractivity (Wildman–Crippen MR) is 90.5 cm³/mol. The Morgan fingerprint density at radius 1 is 1.12 bits per heavy atom. The number of methoxy groups -OCH3 is 1. The van der Waals surface area contributed by atoms with E-state index in [1.54, 1.807) is 31.4 Å². The lowest BCUT2D eigenvalue weighted by molar-refractivity contribution is -0.118. The highest BCUT2D eigenvalue weighted by atomic mass is 32.2. The van der Waals surface area contributed by atoms with Gasteiger partial charge in [0.25, 0.3) is 0 Å². The van der Waals surface area contributed by atoms with Crippen molar-refractivity contribution >= 4 is 21.6 Å². The summed E-state index contributed by atoms with van der Waals surface area (Å²) in [6.07, 6.45) is 0.352.